The highest BCUT2D eigenvalue weighted by molar-refractivity contribution is 5.93. The average Bonchev–Trinajstić information content (AvgIpc) is 2.68. The van der Waals surface area contributed by atoms with Gasteiger partial charge in [0.15, 0.2) is 0 Å². The summed E-state index contributed by atoms with van der Waals surface area (Å²) in [6, 6.07) is 14.1. The summed E-state index contributed by atoms with van der Waals surface area (Å²) in [7, 11) is 0. The number of benzene rings is 1. The number of amides is 1. The standard InChI is InChI=1S/C22H29N3O2/c1-16(2)20-11-10-19(22(27)24-20)21(26)23-12-14-25-13-6-9-18(15-25)17-7-4-3-5-8-17/h3-5,7-8,10-11,16,18H,6,9,12-15H2,1-2H3,(H,23,26)(H,24,27)/t18-/m1/s1. The van der Waals surface area contributed by atoms with Gasteiger partial charge in [0.05, 0.1) is 0 Å². The van der Waals surface area contributed by atoms with E-state index in [-0.39, 0.29) is 22.9 Å². The van der Waals surface area contributed by atoms with E-state index in [1.165, 1.54) is 18.4 Å². The Balaban J connectivity index is 1.51. The summed E-state index contributed by atoms with van der Waals surface area (Å²) in [6.45, 7) is 7.44. The van der Waals surface area contributed by atoms with Gasteiger partial charge in [-0.25, -0.2) is 0 Å². The number of carbonyl (C=O) groups is 1. The fourth-order valence-corrected chi connectivity index (χ4v) is 3.68. The lowest BCUT2D eigenvalue weighted by atomic mass is 9.91. The Morgan fingerprint density at radius 3 is 2.70 bits per heavy atom. The molecule has 2 N–H and O–H groups in total. The lowest BCUT2D eigenvalue weighted by molar-refractivity contribution is 0.0944. The van der Waals surface area contributed by atoms with Gasteiger partial charge in [-0.3, -0.25) is 9.59 Å². The van der Waals surface area contributed by atoms with E-state index in [1.54, 1.807) is 6.07 Å². The number of likely N-dealkylation sites (tertiary alicyclic amines) is 1. The van der Waals surface area contributed by atoms with E-state index in [0.29, 0.717) is 12.5 Å². The second kappa shape index (κ2) is 9.00. The van der Waals surface area contributed by atoms with Crippen LogP contribution in [0.15, 0.2) is 47.3 Å². The van der Waals surface area contributed by atoms with Gasteiger partial charge < -0.3 is 15.2 Å². The molecule has 0 saturated carbocycles. The van der Waals surface area contributed by atoms with E-state index in [9.17, 15) is 9.59 Å². The van der Waals surface area contributed by atoms with Crippen molar-refractivity contribution in [2.45, 2.75) is 38.5 Å². The summed E-state index contributed by atoms with van der Waals surface area (Å²) in [5, 5.41) is 2.89. The largest absolute Gasteiger partial charge is 0.351 e. The zero-order chi connectivity index (χ0) is 19.2. The van der Waals surface area contributed by atoms with Crippen LogP contribution in [0, 0.1) is 0 Å². The summed E-state index contributed by atoms with van der Waals surface area (Å²) in [4.78, 5) is 29.6. The van der Waals surface area contributed by atoms with E-state index in [0.717, 1.165) is 25.3 Å². The highest BCUT2D eigenvalue weighted by atomic mass is 16.2. The molecule has 1 aromatic heterocycles. The molecule has 1 atom stereocenters. The van der Waals surface area contributed by atoms with Crippen LogP contribution in [0.25, 0.3) is 0 Å². The number of nitrogens with one attached hydrogen (secondary N) is 2. The van der Waals surface area contributed by atoms with Crippen molar-refractivity contribution in [3.63, 3.8) is 0 Å². The van der Waals surface area contributed by atoms with Gasteiger partial charge in [0.25, 0.3) is 11.5 Å². The minimum atomic E-state index is -0.319. The van der Waals surface area contributed by atoms with Crippen molar-refractivity contribution >= 4 is 5.91 Å². The molecule has 1 amide bonds. The van der Waals surface area contributed by atoms with E-state index in [2.05, 4.69) is 45.5 Å². The first-order chi connectivity index (χ1) is 13.0. The molecule has 144 valence electrons. The third kappa shape index (κ3) is 5.07. The first-order valence-corrected chi connectivity index (χ1v) is 9.83. The van der Waals surface area contributed by atoms with Crippen molar-refractivity contribution in [1.82, 2.24) is 15.2 Å². The second-order valence-corrected chi connectivity index (χ2v) is 7.62. The first kappa shape index (κ1) is 19.4. The number of nitrogens with zero attached hydrogens (tertiary/aromatic N) is 1. The zero-order valence-corrected chi connectivity index (χ0v) is 16.2. The van der Waals surface area contributed by atoms with Crippen LogP contribution >= 0.6 is 0 Å². The van der Waals surface area contributed by atoms with Crippen LogP contribution in [-0.4, -0.2) is 42.0 Å². The van der Waals surface area contributed by atoms with Crippen LogP contribution in [0.2, 0.25) is 0 Å². The van der Waals surface area contributed by atoms with E-state index < -0.39 is 0 Å². The predicted octanol–water partition coefficient (Wildman–Crippen LogP) is 3.11. The molecular formula is C22H29N3O2. The highest BCUT2D eigenvalue weighted by Gasteiger charge is 2.21. The lowest BCUT2D eigenvalue weighted by Crippen LogP contribution is -2.40. The summed E-state index contributed by atoms with van der Waals surface area (Å²) < 4.78 is 0. The smallest absolute Gasteiger partial charge is 0.261 e. The third-order valence-electron chi connectivity index (χ3n) is 5.29. The predicted molar refractivity (Wildman–Crippen MR) is 108 cm³/mol. The number of hydrogen-bond acceptors (Lipinski definition) is 3. The van der Waals surface area contributed by atoms with Gasteiger partial charge in [-0.15, -0.1) is 0 Å². The van der Waals surface area contributed by atoms with Crippen LogP contribution in [0.4, 0.5) is 0 Å². The fourth-order valence-electron chi connectivity index (χ4n) is 3.68. The van der Waals surface area contributed by atoms with Gasteiger partial charge in [-0.05, 0) is 48.9 Å². The molecule has 27 heavy (non-hydrogen) atoms. The number of carbonyl (C=O) groups excluding carboxylic acids is 1. The Hall–Kier alpha value is -2.40. The SMILES string of the molecule is CC(C)c1ccc(C(=O)NCCN2CCC[C@@H](c3ccccc3)C2)c(=O)[nH]1. The number of aromatic nitrogens is 1. The van der Waals surface area contributed by atoms with Gasteiger partial charge in [-0.1, -0.05) is 44.2 Å². The molecule has 1 aliphatic rings. The van der Waals surface area contributed by atoms with Crippen molar-refractivity contribution in [2.24, 2.45) is 0 Å². The molecule has 0 spiro atoms. The van der Waals surface area contributed by atoms with Gasteiger partial charge in [0, 0.05) is 25.3 Å². The molecule has 0 unspecified atom stereocenters. The molecule has 1 aliphatic heterocycles. The van der Waals surface area contributed by atoms with Gasteiger partial charge in [-0.2, -0.15) is 0 Å². The molecule has 3 rings (SSSR count). The summed E-state index contributed by atoms with van der Waals surface area (Å²) in [5.74, 6) is 0.483. The second-order valence-electron chi connectivity index (χ2n) is 7.62. The Bertz CT molecular complexity index is 814. The zero-order valence-electron chi connectivity index (χ0n) is 16.2. The number of rotatable bonds is 6. The molecular weight excluding hydrogens is 338 g/mol. The quantitative estimate of drug-likeness (QED) is 0.824. The fraction of sp³-hybridized carbons (Fsp3) is 0.455. The topological polar surface area (TPSA) is 65.2 Å². The normalized spacial score (nSPS) is 17.8. The molecule has 5 heteroatoms. The molecule has 1 fully saturated rings. The van der Waals surface area contributed by atoms with E-state index in [4.69, 9.17) is 0 Å². The maximum Gasteiger partial charge on any atom is 0.261 e. The van der Waals surface area contributed by atoms with E-state index in [1.807, 2.05) is 19.9 Å². The lowest BCUT2D eigenvalue weighted by Gasteiger charge is -2.33. The molecule has 2 heterocycles. The number of H-pyrrole nitrogens is 1. The number of aromatic amines is 1. The van der Waals surface area contributed by atoms with Gasteiger partial charge >= 0.3 is 0 Å². The van der Waals surface area contributed by atoms with Crippen LogP contribution in [0.1, 0.15) is 60.1 Å². The van der Waals surface area contributed by atoms with Crippen molar-refractivity contribution in [2.75, 3.05) is 26.2 Å². The Labute approximate surface area is 160 Å². The maximum absolute atomic E-state index is 12.3. The number of piperidine rings is 1. The monoisotopic (exact) mass is 367 g/mol. The molecule has 1 saturated heterocycles. The molecule has 0 aliphatic carbocycles. The molecule has 0 bridgehead atoms. The van der Waals surface area contributed by atoms with Gasteiger partial charge in [0.1, 0.15) is 5.56 Å². The number of hydrogen-bond donors (Lipinski definition) is 2. The minimum absolute atomic E-state index is 0.181. The molecule has 0 radical (unpaired) electrons. The highest BCUT2D eigenvalue weighted by Crippen LogP contribution is 2.26. The van der Waals surface area contributed by atoms with Crippen molar-refractivity contribution in [3.05, 3.63) is 69.6 Å². The van der Waals surface area contributed by atoms with Crippen LogP contribution in [0.3, 0.4) is 0 Å². The van der Waals surface area contributed by atoms with Crippen LogP contribution in [0.5, 0.6) is 0 Å². The molecule has 1 aromatic carbocycles. The number of pyridine rings is 1. The maximum atomic E-state index is 12.3. The summed E-state index contributed by atoms with van der Waals surface area (Å²) >= 11 is 0. The first-order valence-electron chi connectivity index (χ1n) is 9.83. The third-order valence-corrected chi connectivity index (χ3v) is 5.29. The van der Waals surface area contributed by atoms with Crippen molar-refractivity contribution in [3.8, 4) is 0 Å². The van der Waals surface area contributed by atoms with Crippen molar-refractivity contribution in [1.29, 1.82) is 0 Å². The average molecular weight is 367 g/mol. The Morgan fingerprint density at radius 1 is 1.22 bits per heavy atom. The minimum Gasteiger partial charge on any atom is -0.351 e. The molecule has 5 nitrogen and oxygen atoms in total. The Kier molecular flexibility index (Phi) is 6.45. The summed E-state index contributed by atoms with van der Waals surface area (Å²) in [5.41, 5.74) is 2.10. The molecule has 2 aromatic rings. The Morgan fingerprint density at radius 2 is 2.00 bits per heavy atom. The van der Waals surface area contributed by atoms with Crippen LogP contribution < -0.4 is 10.9 Å². The van der Waals surface area contributed by atoms with Crippen molar-refractivity contribution < 1.29 is 4.79 Å². The van der Waals surface area contributed by atoms with Gasteiger partial charge in [0.2, 0.25) is 0 Å². The summed E-state index contributed by atoms with van der Waals surface area (Å²) in [6.07, 6.45) is 2.38. The van der Waals surface area contributed by atoms with Crippen LogP contribution in [-0.2, 0) is 0 Å². The van der Waals surface area contributed by atoms with E-state index >= 15 is 0 Å².